The van der Waals surface area contributed by atoms with E-state index < -0.39 is 0 Å². The largest absolute Gasteiger partial charge is 0.495 e. The molecule has 0 radical (unpaired) electrons. The Labute approximate surface area is 125 Å². The number of hydrogen-bond acceptors (Lipinski definition) is 4. The summed E-state index contributed by atoms with van der Waals surface area (Å²) in [5.74, 6) is 2.79. The third-order valence-electron chi connectivity index (χ3n) is 2.87. The van der Waals surface area contributed by atoms with Crippen molar-refractivity contribution in [3.05, 3.63) is 22.7 Å². The molecule has 1 fully saturated rings. The van der Waals surface area contributed by atoms with E-state index in [1.165, 1.54) is 0 Å². The number of halogens is 1. The lowest BCUT2D eigenvalue weighted by atomic mass is 10.2. The highest BCUT2D eigenvalue weighted by Crippen LogP contribution is 2.28. The fraction of sp³-hybridized carbons (Fsp3) is 0.462. The van der Waals surface area contributed by atoms with Gasteiger partial charge in [0.25, 0.3) is 0 Å². The fourth-order valence-corrected chi connectivity index (χ4v) is 3.26. The molecule has 1 atom stereocenters. The average molecular weight is 345 g/mol. The molecule has 104 valence electrons. The summed E-state index contributed by atoms with van der Waals surface area (Å²) in [6.45, 7) is 0.975. The molecule has 4 nitrogen and oxygen atoms in total. The van der Waals surface area contributed by atoms with Gasteiger partial charge in [-0.15, -0.1) is 0 Å². The normalized spacial score (nSPS) is 18.9. The summed E-state index contributed by atoms with van der Waals surface area (Å²) in [5.41, 5.74) is 0.699. The SMILES string of the molecule is COc1ccc(Br)cc1NC(=O)CC1CSCCN1. The lowest BCUT2D eigenvalue weighted by Crippen LogP contribution is -2.39. The Bertz CT molecular complexity index is 450. The maximum absolute atomic E-state index is 12.0. The highest BCUT2D eigenvalue weighted by Gasteiger charge is 2.17. The van der Waals surface area contributed by atoms with Gasteiger partial charge in [0.2, 0.25) is 5.91 Å². The van der Waals surface area contributed by atoms with E-state index in [4.69, 9.17) is 4.74 Å². The highest BCUT2D eigenvalue weighted by atomic mass is 79.9. The maximum Gasteiger partial charge on any atom is 0.226 e. The number of anilines is 1. The van der Waals surface area contributed by atoms with Crippen LogP contribution in [0.4, 0.5) is 5.69 Å². The zero-order valence-electron chi connectivity index (χ0n) is 10.7. The van der Waals surface area contributed by atoms with Crippen LogP contribution in [0.2, 0.25) is 0 Å². The van der Waals surface area contributed by atoms with Gasteiger partial charge in [0.1, 0.15) is 5.75 Å². The Morgan fingerprint density at radius 2 is 2.47 bits per heavy atom. The average Bonchev–Trinajstić information content (AvgIpc) is 2.40. The molecule has 1 aliphatic rings. The van der Waals surface area contributed by atoms with Crippen LogP contribution in [0.1, 0.15) is 6.42 Å². The molecule has 0 saturated carbocycles. The predicted octanol–water partition coefficient (Wildman–Crippen LogP) is 2.49. The zero-order valence-corrected chi connectivity index (χ0v) is 13.1. The second-order valence-electron chi connectivity index (χ2n) is 4.32. The Morgan fingerprint density at radius 3 is 3.16 bits per heavy atom. The van der Waals surface area contributed by atoms with Crippen molar-refractivity contribution in [1.29, 1.82) is 0 Å². The molecule has 19 heavy (non-hydrogen) atoms. The first-order valence-electron chi connectivity index (χ1n) is 6.13. The molecule has 0 aromatic heterocycles. The molecule has 2 N–H and O–H groups in total. The quantitative estimate of drug-likeness (QED) is 0.880. The highest BCUT2D eigenvalue weighted by molar-refractivity contribution is 9.10. The van der Waals surface area contributed by atoms with Gasteiger partial charge in [0, 0.05) is 35.0 Å². The van der Waals surface area contributed by atoms with Crippen LogP contribution < -0.4 is 15.4 Å². The van der Waals surface area contributed by atoms with Crippen molar-refractivity contribution in [2.45, 2.75) is 12.5 Å². The lowest BCUT2D eigenvalue weighted by molar-refractivity contribution is -0.116. The van der Waals surface area contributed by atoms with Gasteiger partial charge >= 0.3 is 0 Å². The molecular weight excluding hydrogens is 328 g/mol. The number of carbonyl (C=O) groups excluding carboxylic acids is 1. The Kier molecular flexibility index (Phi) is 5.54. The van der Waals surface area contributed by atoms with Crippen molar-refractivity contribution in [3.8, 4) is 5.75 Å². The number of rotatable bonds is 4. The number of nitrogens with one attached hydrogen (secondary N) is 2. The minimum Gasteiger partial charge on any atom is -0.495 e. The molecule has 1 aromatic carbocycles. The monoisotopic (exact) mass is 344 g/mol. The van der Waals surface area contributed by atoms with Gasteiger partial charge in [0.05, 0.1) is 12.8 Å². The Balaban J connectivity index is 1.95. The summed E-state index contributed by atoms with van der Waals surface area (Å²) in [4.78, 5) is 12.0. The molecule has 1 aliphatic heterocycles. The molecule has 0 bridgehead atoms. The smallest absolute Gasteiger partial charge is 0.226 e. The van der Waals surface area contributed by atoms with Gasteiger partial charge < -0.3 is 15.4 Å². The molecule has 1 saturated heterocycles. The Hall–Kier alpha value is -0.720. The predicted molar refractivity (Wildman–Crippen MR) is 83.1 cm³/mol. The molecule has 1 aromatic rings. The van der Waals surface area contributed by atoms with Crippen LogP contribution >= 0.6 is 27.7 Å². The summed E-state index contributed by atoms with van der Waals surface area (Å²) in [6.07, 6.45) is 0.489. The van der Waals surface area contributed by atoms with Gasteiger partial charge in [-0.1, -0.05) is 15.9 Å². The first-order chi connectivity index (χ1) is 9.19. The van der Waals surface area contributed by atoms with Crippen LogP contribution in [0, 0.1) is 0 Å². The summed E-state index contributed by atoms with van der Waals surface area (Å²) >= 11 is 5.28. The minimum absolute atomic E-state index is 0.0106. The van der Waals surface area contributed by atoms with Crippen molar-refractivity contribution in [2.75, 3.05) is 30.5 Å². The lowest BCUT2D eigenvalue weighted by Gasteiger charge is -2.22. The number of benzene rings is 1. The minimum atomic E-state index is 0.0106. The molecule has 1 amide bonds. The Morgan fingerprint density at radius 1 is 1.63 bits per heavy atom. The van der Waals surface area contributed by atoms with Gasteiger partial charge in [-0.3, -0.25) is 4.79 Å². The van der Waals surface area contributed by atoms with Crippen LogP contribution in [0.25, 0.3) is 0 Å². The number of methoxy groups -OCH3 is 1. The third-order valence-corrected chi connectivity index (χ3v) is 4.49. The van der Waals surface area contributed by atoms with Gasteiger partial charge in [-0.05, 0) is 18.2 Å². The van der Waals surface area contributed by atoms with Crippen LogP contribution in [0.3, 0.4) is 0 Å². The van der Waals surface area contributed by atoms with E-state index in [0.29, 0.717) is 17.9 Å². The van der Waals surface area contributed by atoms with Crippen LogP contribution in [-0.2, 0) is 4.79 Å². The molecule has 0 spiro atoms. The fourth-order valence-electron chi connectivity index (χ4n) is 1.95. The summed E-state index contributed by atoms with van der Waals surface area (Å²) in [6, 6.07) is 5.82. The van der Waals surface area contributed by atoms with E-state index in [1.807, 2.05) is 30.0 Å². The number of carbonyl (C=O) groups is 1. The number of amides is 1. The number of hydrogen-bond donors (Lipinski definition) is 2. The van der Waals surface area contributed by atoms with Crippen LogP contribution in [0.15, 0.2) is 22.7 Å². The van der Waals surface area contributed by atoms with Crippen molar-refractivity contribution >= 4 is 39.3 Å². The van der Waals surface area contributed by atoms with E-state index >= 15 is 0 Å². The van der Waals surface area contributed by atoms with Gasteiger partial charge in [-0.25, -0.2) is 0 Å². The molecule has 0 aliphatic carbocycles. The molecular formula is C13H17BrN2O2S. The van der Waals surface area contributed by atoms with E-state index in [-0.39, 0.29) is 11.9 Å². The first-order valence-corrected chi connectivity index (χ1v) is 8.08. The van der Waals surface area contributed by atoms with E-state index in [2.05, 4.69) is 26.6 Å². The van der Waals surface area contributed by atoms with Crippen molar-refractivity contribution in [1.82, 2.24) is 5.32 Å². The topological polar surface area (TPSA) is 50.4 Å². The molecule has 6 heteroatoms. The molecule has 1 heterocycles. The standard InChI is InChI=1S/C13H17BrN2O2S/c1-18-12-3-2-9(14)6-11(12)16-13(17)7-10-8-19-5-4-15-10/h2-3,6,10,15H,4-5,7-8H2,1H3,(H,16,17). The van der Waals surface area contributed by atoms with Crippen LogP contribution in [-0.4, -0.2) is 37.1 Å². The second-order valence-corrected chi connectivity index (χ2v) is 6.39. The van der Waals surface area contributed by atoms with Crippen LogP contribution in [0.5, 0.6) is 5.75 Å². The van der Waals surface area contributed by atoms with Gasteiger partial charge in [0.15, 0.2) is 0 Å². The summed E-state index contributed by atoms with van der Waals surface area (Å²) < 4.78 is 6.15. The van der Waals surface area contributed by atoms with Crippen molar-refractivity contribution in [2.24, 2.45) is 0 Å². The summed E-state index contributed by atoms with van der Waals surface area (Å²) in [7, 11) is 1.60. The van der Waals surface area contributed by atoms with E-state index in [1.54, 1.807) is 7.11 Å². The zero-order chi connectivity index (χ0) is 13.7. The van der Waals surface area contributed by atoms with E-state index in [0.717, 1.165) is 22.5 Å². The maximum atomic E-state index is 12.0. The first kappa shape index (κ1) is 14.7. The molecule has 1 unspecified atom stereocenters. The van der Waals surface area contributed by atoms with Gasteiger partial charge in [-0.2, -0.15) is 11.8 Å². The molecule has 2 rings (SSSR count). The third kappa shape index (κ3) is 4.40. The summed E-state index contributed by atoms with van der Waals surface area (Å²) in [5, 5.41) is 6.26. The second kappa shape index (κ2) is 7.17. The van der Waals surface area contributed by atoms with Crippen molar-refractivity contribution < 1.29 is 9.53 Å². The number of ether oxygens (including phenoxy) is 1. The van der Waals surface area contributed by atoms with Crippen molar-refractivity contribution in [3.63, 3.8) is 0 Å². The number of thioether (sulfide) groups is 1. The van der Waals surface area contributed by atoms with E-state index in [9.17, 15) is 4.79 Å².